The second-order valence-electron chi connectivity index (χ2n) is 6.94. The quantitative estimate of drug-likeness (QED) is 0.813. The topological polar surface area (TPSA) is 38.3 Å². The maximum Gasteiger partial charge on any atom is 0.320 e. The van der Waals surface area contributed by atoms with E-state index in [1.54, 1.807) is 0 Å². The molecular weight excluding hydrogens is 274 g/mol. The summed E-state index contributed by atoms with van der Waals surface area (Å²) in [5.41, 5.74) is 1.18. The number of hydrogen-bond donors (Lipinski definition) is 1. The van der Waals surface area contributed by atoms with Crippen LogP contribution in [0.15, 0.2) is 30.3 Å². The van der Waals surface area contributed by atoms with Crippen molar-refractivity contribution in [3.8, 4) is 0 Å². The van der Waals surface area contributed by atoms with Crippen molar-refractivity contribution in [1.82, 2.24) is 5.32 Å². The number of hydrogen-bond acceptors (Lipinski definition) is 3. The smallest absolute Gasteiger partial charge is 0.320 e. The molecule has 122 valence electrons. The summed E-state index contributed by atoms with van der Waals surface area (Å²) in [5, 5.41) is 3.17. The third-order valence-corrected chi connectivity index (χ3v) is 4.69. The molecule has 0 heterocycles. The summed E-state index contributed by atoms with van der Waals surface area (Å²) in [6, 6.07) is 10.1. The molecular formula is C19H29NO2. The van der Waals surface area contributed by atoms with Gasteiger partial charge >= 0.3 is 5.97 Å². The average molecular weight is 303 g/mol. The Kier molecular flexibility index (Phi) is 6.44. The minimum absolute atomic E-state index is 0.0924. The fourth-order valence-corrected chi connectivity index (χ4v) is 3.37. The first kappa shape index (κ1) is 17.0. The highest BCUT2D eigenvalue weighted by molar-refractivity contribution is 5.71. The molecule has 3 unspecified atom stereocenters. The van der Waals surface area contributed by atoms with Gasteiger partial charge in [0.05, 0.1) is 6.54 Å². The highest BCUT2D eigenvalue weighted by Gasteiger charge is 2.33. The van der Waals surface area contributed by atoms with Gasteiger partial charge < -0.3 is 10.1 Å². The van der Waals surface area contributed by atoms with Gasteiger partial charge in [-0.05, 0) is 36.2 Å². The molecule has 1 fully saturated rings. The molecule has 1 aliphatic carbocycles. The second kappa shape index (κ2) is 8.33. The molecule has 0 aromatic heterocycles. The highest BCUT2D eigenvalue weighted by atomic mass is 16.5. The van der Waals surface area contributed by atoms with Crippen LogP contribution in [0.4, 0.5) is 0 Å². The normalized spacial score (nSPS) is 25.2. The van der Waals surface area contributed by atoms with E-state index >= 15 is 0 Å². The summed E-state index contributed by atoms with van der Waals surface area (Å²) in [6.45, 7) is 7.70. The van der Waals surface area contributed by atoms with Crippen LogP contribution in [0, 0.1) is 17.8 Å². The van der Waals surface area contributed by atoms with Gasteiger partial charge in [-0.25, -0.2) is 0 Å². The van der Waals surface area contributed by atoms with Gasteiger partial charge in [-0.2, -0.15) is 0 Å². The van der Waals surface area contributed by atoms with Crippen molar-refractivity contribution >= 4 is 5.97 Å². The lowest BCUT2D eigenvalue weighted by Gasteiger charge is -2.36. The lowest BCUT2D eigenvalue weighted by atomic mass is 9.75. The molecule has 2 rings (SSSR count). The van der Waals surface area contributed by atoms with E-state index in [0.29, 0.717) is 24.3 Å². The zero-order valence-corrected chi connectivity index (χ0v) is 14.0. The number of esters is 1. The van der Waals surface area contributed by atoms with E-state index in [9.17, 15) is 4.79 Å². The Hall–Kier alpha value is -1.35. The maximum atomic E-state index is 12.1. The summed E-state index contributed by atoms with van der Waals surface area (Å²) in [6.07, 6.45) is 3.53. The zero-order chi connectivity index (χ0) is 15.9. The molecule has 1 aromatic rings. The summed E-state index contributed by atoms with van der Waals surface area (Å²) >= 11 is 0. The molecule has 0 saturated heterocycles. The van der Waals surface area contributed by atoms with Crippen LogP contribution in [0.3, 0.4) is 0 Å². The predicted molar refractivity (Wildman–Crippen MR) is 89.4 cm³/mol. The van der Waals surface area contributed by atoms with Gasteiger partial charge in [-0.3, -0.25) is 4.79 Å². The van der Waals surface area contributed by atoms with E-state index in [4.69, 9.17) is 4.74 Å². The van der Waals surface area contributed by atoms with Gasteiger partial charge in [-0.1, -0.05) is 57.5 Å². The van der Waals surface area contributed by atoms with Crippen molar-refractivity contribution in [2.75, 3.05) is 6.54 Å². The van der Waals surface area contributed by atoms with E-state index in [2.05, 4.69) is 38.2 Å². The van der Waals surface area contributed by atoms with Crippen molar-refractivity contribution in [1.29, 1.82) is 0 Å². The van der Waals surface area contributed by atoms with Crippen LogP contribution >= 0.6 is 0 Å². The maximum absolute atomic E-state index is 12.1. The molecule has 1 aliphatic rings. The predicted octanol–water partition coefficient (Wildman–Crippen LogP) is 3.78. The third-order valence-electron chi connectivity index (χ3n) is 4.69. The van der Waals surface area contributed by atoms with Crippen LogP contribution < -0.4 is 5.32 Å². The second-order valence-corrected chi connectivity index (χ2v) is 6.94. The molecule has 0 aliphatic heterocycles. The van der Waals surface area contributed by atoms with E-state index in [0.717, 1.165) is 6.42 Å². The molecule has 3 nitrogen and oxygen atoms in total. The van der Waals surface area contributed by atoms with Crippen LogP contribution in [0.2, 0.25) is 0 Å². The monoisotopic (exact) mass is 303 g/mol. The van der Waals surface area contributed by atoms with Gasteiger partial charge in [0.2, 0.25) is 0 Å². The Bertz CT molecular complexity index is 458. The van der Waals surface area contributed by atoms with Gasteiger partial charge in [0.1, 0.15) is 6.10 Å². The van der Waals surface area contributed by atoms with Crippen molar-refractivity contribution in [2.24, 2.45) is 17.8 Å². The first-order valence-corrected chi connectivity index (χ1v) is 8.50. The molecule has 1 N–H and O–H groups in total. The highest BCUT2D eigenvalue weighted by Crippen LogP contribution is 2.35. The SMILES string of the molecule is CC1CCC(C(C)C)C(OC(=O)CNCc2ccccc2)C1. The molecule has 3 atom stereocenters. The first-order chi connectivity index (χ1) is 10.6. The van der Waals surface area contributed by atoms with Crippen LogP contribution in [0.25, 0.3) is 0 Å². The van der Waals surface area contributed by atoms with Crippen LogP contribution in [-0.2, 0) is 16.1 Å². The van der Waals surface area contributed by atoms with Crippen molar-refractivity contribution in [3.63, 3.8) is 0 Å². The van der Waals surface area contributed by atoms with Gasteiger partial charge in [0, 0.05) is 6.54 Å². The molecule has 0 amide bonds. The molecule has 22 heavy (non-hydrogen) atoms. The summed E-state index contributed by atoms with van der Waals surface area (Å²) < 4.78 is 5.77. The molecule has 0 spiro atoms. The Morgan fingerprint density at radius 2 is 2.00 bits per heavy atom. The van der Waals surface area contributed by atoms with Crippen molar-refractivity contribution in [3.05, 3.63) is 35.9 Å². The van der Waals surface area contributed by atoms with Crippen LogP contribution in [0.5, 0.6) is 0 Å². The summed E-state index contributed by atoms with van der Waals surface area (Å²) in [7, 11) is 0. The van der Waals surface area contributed by atoms with E-state index in [1.807, 2.05) is 18.2 Å². The lowest BCUT2D eigenvalue weighted by molar-refractivity contribution is -0.154. The standard InChI is InChI=1S/C19H29NO2/c1-14(2)17-10-9-15(3)11-18(17)22-19(21)13-20-12-16-7-5-4-6-8-16/h4-8,14-15,17-18,20H,9-13H2,1-3H3. The zero-order valence-electron chi connectivity index (χ0n) is 14.0. The van der Waals surface area contributed by atoms with E-state index < -0.39 is 0 Å². The number of nitrogens with one attached hydrogen (secondary N) is 1. The fraction of sp³-hybridized carbons (Fsp3) is 0.632. The van der Waals surface area contributed by atoms with Gasteiger partial charge in [0.25, 0.3) is 0 Å². The van der Waals surface area contributed by atoms with Crippen LogP contribution in [-0.4, -0.2) is 18.6 Å². The lowest BCUT2D eigenvalue weighted by Crippen LogP contribution is -2.38. The average Bonchev–Trinajstić information content (AvgIpc) is 2.48. The van der Waals surface area contributed by atoms with Crippen molar-refractivity contribution < 1.29 is 9.53 Å². The molecule has 0 bridgehead atoms. The summed E-state index contributed by atoms with van der Waals surface area (Å²) in [4.78, 5) is 12.1. The fourth-order valence-electron chi connectivity index (χ4n) is 3.37. The van der Waals surface area contributed by atoms with Crippen molar-refractivity contribution in [2.45, 2.75) is 52.7 Å². The number of ether oxygens (including phenoxy) is 1. The Morgan fingerprint density at radius 3 is 2.68 bits per heavy atom. The molecule has 1 saturated carbocycles. The minimum Gasteiger partial charge on any atom is -0.461 e. The number of carbonyl (C=O) groups excluding carboxylic acids is 1. The van der Waals surface area contributed by atoms with Gasteiger partial charge in [-0.15, -0.1) is 0 Å². The van der Waals surface area contributed by atoms with Crippen LogP contribution in [0.1, 0.15) is 45.6 Å². The minimum atomic E-state index is -0.124. The van der Waals surface area contributed by atoms with Gasteiger partial charge in [0.15, 0.2) is 0 Å². The Balaban J connectivity index is 1.77. The molecule has 3 heteroatoms. The third kappa shape index (κ3) is 5.13. The largest absolute Gasteiger partial charge is 0.461 e. The molecule has 1 aromatic carbocycles. The Morgan fingerprint density at radius 1 is 1.27 bits per heavy atom. The summed E-state index contributed by atoms with van der Waals surface area (Å²) in [5.74, 6) is 1.61. The number of rotatable bonds is 6. The number of carbonyl (C=O) groups is 1. The number of benzene rings is 1. The van der Waals surface area contributed by atoms with E-state index in [1.165, 1.54) is 18.4 Å². The molecule has 0 radical (unpaired) electrons. The Labute approximate surface area is 134 Å². The first-order valence-electron chi connectivity index (χ1n) is 8.50. The van der Waals surface area contributed by atoms with E-state index in [-0.39, 0.29) is 18.6 Å².